The quantitative estimate of drug-likeness (QED) is 0.858. The van der Waals surface area contributed by atoms with E-state index in [9.17, 15) is 0 Å². The van der Waals surface area contributed by atoms with Crippen molar-refractivity contribution in [2.24, 2.45) is 5.41 Å². The summed E-state index contributed by atoms with van der Waals surface area (Å²) >= 11 is 0. The number of hydrogen-bond acceptors (Lipinski definition) is 3. The van der Waals surface area contributed by atoms with Crippen LogP contribution in [-0.4, -0.2) is 35.6 Å². The second kappa shape index (κ2) is 6.06. The van der Waals surface area contributed by atoms with Crippen molar-refractivity contribution in [2.45, 2.75) is 52.7 Å². The van der Waals surface area contributed by atoms with Crippen LogP contribution in [0.2, 0.25) is 0 Å². The van der Waals surface area contributed by atoms with Gasteiger partial charge in [-0.1, -0.05) is 6.92 Å². The second-order valence-electron chi connectivity index (χ2n) is 5.96. The predicted molar refractivity (Wildman–Crippen MR) is 77.3 cm³/mol. The van der Waals surface area contributed by atoms with Gasteiger partial charge in [-0.15, -0.1) is 0 Å². The highest BCUT2D eigenvalue weighted by molar-refractivity contribution is 5.07. The van der Waals surface area contributed by atoms with Gasteiger partial charge in [0, 0.05) is 37.2 Å². The number of ether oxygens (including phenoxy) is 1. The molecule has 2 atom stereocenters. The molecule has 4 heteroatoms. The maximum atomic E-state index is 5.82. The lowest BCUT2D eigenvalue weighted by Gasteiger charge is -2.32. The molecule has 19 heavy (non-hydrogen) atoms. The monoisotopic (exact) mass is 265 g/mol. The summed E-state index contributed by atoms with van der Waals surface area (Å²) in [6.45, 7) is 11.6. The molecule has 1 aromatic heterocycles. The Morgan fingerprint density at radius 2 is 2.37 bits per heavy atom. The molecule has 1 aromatic rings. The van der Waals surface area contributed by atoms with Crippen LogP contribution >= 0.6 is 0 Å². The maximum Gasteiger partial charge on any atom is 0.0631 e. The van der Waals surface area contributed by atoms with Gasteiger partial charge in [-0.25, -0.2) is 0 Å². The van der Waals surface area contributed by atoms with E-state index in [4.69, 9.17) is 9.84 Å². The maximum absolute atomic E-state index is 5.82. The average molecular weight is 265 g/mol. The van der Waals surface area contributed by atoms with Crippen LogP contribution in [0.4, 0.5) is 0 Å². The molecule has 0 aromatic carbocycles. The van der Waals surface area contributed by atoms with Crippen molar-refractivity contribution in [2.75, 3.05) is 19.7 Å². The van der Waals surface area contributed by atoms with Gasteiger partial charge in [0.15, 0.2) is 0 Å². The van der Waals surface area contributed by atoms with Crippen molar-refractivity contribution in [1.29, 1.82) is 0 Å². The topological polar surface area (TPSA) is 39.1 Å². The Labute approximate surface area is 116 Å². The Kier molecular flexibility index (Phi) is 4.63. The highest BCUT2D eigenvalue weighted by Crippen LogP contribution is 2.37. The highest BCUT2D eigenvalue weighted by atomic mass is 16.5. The summed E-state index contributed by atoms with van der Waals surface area (Å²) in [5, 5.41) is 8.19. The van der Waals surface area contributed by atoms with Crippen molar-refractivity contribution in [3.05, 3.63) is 18.0 Å². The molecule has 1 fully saturated rings. The van der Waals surface area contributed by atoms with Gasteiger partial charge in [0.05, 0.1) is 11.8 Å². The number of nitrogens with one attached hydrogen (secondary N) is 1. The fraction of sp³-hybridized carbons (Fsp3) is 0.800. The van der Waals surface area contributed by atoms with E-state index in [0.717, 1.165) is 32.5 Å². The summed E-state index contributed by atoms with van der Waals surface area (Å²) in [5.74, 6) is 0. The van der Waals surface area contributed by atoms with Gasteiger partial charge in [-0.3, -0.25) is 4.68 Å². The average Bonchev–Trinajstić information content (AvgIpc) is 2.96. The van der Waals surface area contributed by atoms with Crippen molar-refractivity contribution in [3.63, 3.8) is 0 Å². The van der Waals surface area contributed by atoms with Crippen molar-refractivity contribution < 1.29 is 4.74 Å². The van der Waals surface area contributed by atoms with E-state index < -0.39 is 0 Å². The van der Waals surface area contributed by atoms with E-state index in [-0.39, 0.29) is 5.41 Å². The molecule has 0 spiro atoms. The molecular formula is C15H27N3O. The lowest BCUT2D eigenvalue weighted by molar-refractivity contribution is 0.0627. The van der Waals surface area contributed by atoms with Gasteiger partial charge in [0.25, 0.3) is 0 Å². The third kappa shape index (κ3) is 3.18. The first kappa shape index (κ1) is 14.5. The Morgan fingerprint density at radius 1 is 1.58 bits per heavy atom. The largest absolute Gasteiger partial charge is 0.378 e. The fourth-order valence-electron chi connectivity index (χ4n) is 2.84. The predicted octanol–water partition coefficient (Wildman–Crippen LogP) is 2.41. The Bertz CT molecular complexity index is 402. The van der Waals surface area contributed by atoms with E-state index in [1.54, 1.807) is 0 Å². The molecule has 0 bridgehead atoms. The number of hydrogen-bond donors (Lipinski definition) is 1. The molecule has 4 nitrogen and oxygen atoms in total. The van der Waals surface area contributed by atoms with Gasteiger partial charge < -0.3 is 10.1 Å². The molecule has 1 N–H and O–H groups in total. The van der Waals surface area contributed by atoms with Gasteiger partial charge in [0.2, 0.25) is 0 Å². The summed E-state index contributed by atoms with van der Waals surface area (Å²) in [4.78, 5) is 0. The minimum atomic E-state index is 0.201. The molecule has 2 heterocycles. The van der Waals surface area contributed by atoms with E-state index in [1.165, 1.54) is 5.69 Å². The smallest absolute Gasteiger partial charge is 0.0631 e. The number of aromatic nitrogens is 2. The first-order valence-corrected chi connectivity index (χ1v) is 7.44. The molecule has 0 amide bonds. The van der Waals surface area contributed by atoms with Crippen LogP contribution in [0, 0.1) is 5.41 Å². The molecule has 2 rings (SSSR count). The van der Waals surface area contributed by atoms with Crippen molar-refractivity contribution >= 4 is 0 Å². The normalized spacial score (nSPS) is 27.3. The molecule has 0 radical (unpaired) electrons. The second-order valence-corrected chi connectivity index (χ2v) is 5.96. The van der Waals surface area contributed by atoms with Crippen molar-refractivity contribution in [3.8, 4) is 0 Å². The minimum Gasteiger partial charge on any atom is -0.378 e. The number of nitrogens with zero attached hydrogens (tertiary/aromatic N) is 2. The molecule has 0 aliphatic carbocycles. The highest BCUT2D eigenvalue weighted by Gasteiger charge is 2.41. The van der Waals surface area contributed by atoms with E-state index >= 15 is 0 Å². The van der Waals surface area contributed by atoms with E-state index in [1.807, 2.05) is 4.68 Å². The Morgan fingerprint density at radius 3 is 2.89 bits per heavy atom. The van der Waals surface area contributed by atoms with Crippen LogP contribution in [0.25, 0.3) is 0 Å². The summed E-state index contributed by atoms with van der Waals surface area (Å²) in [5.41, 5.74) is 1.38. The summed E-state index contributed by atoms with van der Waals surface area (Å²) < 4.78 is 7.86. The van der Waals surface area contributed by atoms with E-state index in [2.05, 4.69) is 45.3 Å². The molecule has 1 saturated heterocycles. The van der Waals surface area contributed by atoms with Crippen molar-refractivity contribution in [1.82, 2.24) is 15.1 Å². The van der Waals surface area contributed by atoms with Crippen LogP contribution in [-0.2, 0) is 11.2 Å². The van der Waals surface area contributed by atoms with Crippen LogP contribution in [0.3, 0.4) is 0 Å². The lowest BCUT2D eigenvalue weighted by atomic mass is 9.77. The Hall–Kier alpha value is -0.870. The van der Waals surface area contributed by atoms with Gasteiger partial charge in [-0.05, 0) is 39.8 Å². The van der Waals surface area contributed by atoms with E-state index in [0.29, 0.717) is 12.1 Å². The summed E-state index contributed by atoms with van der Waals surface area (Å²) in [6, 6.07) is 2.58. The third-order valence-electron chi connectivity index (χ3n) is 4.28. The molecule has 1 aliphatic heterocycles. The molecule has 1 aliphatic rings. The van der Waals surface area contributed by atoms with Crippen LogP contribution in [0.5, 0.6) is 0 Å². The van der Waals surface area contributed by atoms with Gasteiger partial charge in [-0.2, -0.15) is 5.10 Å². The molecule has 0 saturated carbocycles. The SMILES string of the molecule is CCNCC1(Cc2ccn(C(C)C)n2)CCOC1C. The van der Waals surface area contributed by atoms with Crippen LogP contribution < -0.4 is 5.32 Å². The fourth-order valence-corrected chi connectivity index (χ4v) is 2.84. The lowest BCUT2D eigenvalue weighted by Crippen LogP contribution is -2.41. The van der Waals surface area contributed by atoms with Crippen LogP contribution in [0.15, 0.2) is 12.3 Å². The third-order valence-corrected chi connectivity index (χ3v) is 4.28. The van der Waals surface area contributed by atoms with Gasteiger partial charge >= 0.3 is 0 Å². The van der Waals surface area contributed by atoms with Gasteiger partial charge in [0.1, 0.15) is 0 Å². The summed E-state index contributed by atoms with van der Waals surface area (Å²) in [6.07, 6.45) is 4.51. The summed E-state index contributed by atoms with van der Waals surface area (Å²) in [7, 11) is 0. The first-order chi connectivity index (χ1) is 9.07. The first-order valence-electron chi connectivity index (χ1n) is 7.44. The minimum absolute atomic E-state index is 0.201. The molecular weight excluding hydrogens is 238 g/mol. The Balaban J connectivity index is 2.10. The number of rotatable bonds is 6. The zero-order chi connectivity index (χ0) is 13.9. The zero-order valence-corrected chi connectivity index (χ0v) is 12.6. The molecule has 108 valence electrons. The zero-order valence-electron chi connectivity index (χ0n) is 12.6. The molecule has 2 unspecified atom stereocenters. The standard InChI is InChI=1S/C15H27N3O/c1-5-16-11-15(7-9-19-13(15)4)10-14-6-8-18(17-14)12(2)3/h6,8,12-13,16H,5,7,9-11H2,1-4H3. The van der Waals surface area contributed by atoms with Crippen LogP contribution in [0.1, 0.15) is 45.9 Å².